The average molecular weight is 339 g/mol. The van der Waals surface area contributed by atoms with Crippen molar-refractivity contribution in [3.8, 4) is 0 Å². The molecule has 4 rings (SSSR count). The predicted octanol–water partition coefficient (Wildman–Crippen LogP) is 3.04. The van der Waals surface area contributed by atoms with Crippen LogP contribution in [-0.2, 0) is 13.0 Å². The summed E-state index contributed by atoms with van der Waals surface area (Å²) in [5, 5.41) is 3.78. The summed E-state index contributed by atoms with van der Waals surface area (Å²) in [6.45, 7) is 2.96. The van der Waals surface area contributed by atoms with Crippen molar-refractivity contribution in [1.82, 2.24) is 14.9 Å². The van der Waals surface area contributed by atoms with Crippen LogP contribution in [-0.4, -0.2) is 21.5 Å². The molecule has 0 unspecified atom stereocenters. The second-order valence-corrected chi connectivity index (χ2v) is 7.52. The number of hydrogen-bond donors (Lipinski definition) is 1. The number of rotatable bonds is 2. The van der Waals surface area contributed by atoms with Crippen LogP contribution in [0.25, 0.3) is 10.9 Å². The molecule has 2 aromatic rings. The van der Waals surface area contributed by atoms with E-state index in [0.29, 0.717) is 22.4 Å². The minimum Gasteiger partial charge on any atom is -0.349 e. The Balaban J connectivity index is 1.64. The first-order valence-corrected chi connectivity index (χ1v) is 9.48. The van der Waals surface area contributed by atoms with Crippen LogP contribution in [0.5, 0.6) is 0 Å². The van der Waals surface area contributed by atoms with Gasteiger partial charge in [0.25, 0.3) is 11.5 Å². The lowest BCUT2D eigenvalue weighted by Gasteiger charge is -2.29. The van der Waals surface area contributed by atoms with Gasteiger partial charge in [-0.3, -0.25) is 14.2 Å². The third-order valence-electron chi connectivity index (χ3n) is 5.76. The molecule has 2 aliphatic rings. The van der Waals surface area contributed by atoms with Crippen molar-refractivity contribution in [3.05, 3.63) is 39.9 Å². The molecule has 5 nitrogen and oxygen atoms in total. The molecule has 1 aromatic heterocycles. The first kappa shape index (κ1) is 16.3. The van der Waals surface area contributed by atoms with Crippen molar-refractivity contribution in [1.29, 1.82) is 0 Å². The first-order valence-electron chi connectivity index (χ1n) is 9.48. The highest BCUT2D eigenvalue weighted by molar-refractivity contribution is 5.97. The topological polar surface area (TPSA) is 64.0 Å². The zero-order chi connectivity index (χ0) is 17.4. The zero-order valence-electron chi connectivity index (χ0n) is 14.8. The van der Waals surface area contributed by atoms with Crippen molar-refractivity contribution in [2.45, 2.75) is 64.5 Å². The minimum absolute atomic E-state index is 0.0209. The van der Waals surface area contributed by atoms with Gasteiger partial charge in [-0.15, -0.1) is 0 Å². The maximum absolute atomic E-state index is 12.7. The Morgan fingerprint density at radius 3 is 2.88 bits per heavy atom. The van der Waals surface area contributed by atoms with Crippen molar-refractivity contribution in [3.63, 3.8) is 0 Å². The van der Waals surface area contributed by atoms with Gasteiger partial charge >= 0.3 is 0 Å². The maximum atomic E-state index is 12.7. The van der Waals surface area contributed by atoms with E-state index in [4.69, 9.17) is 0 Å². The van der Waals surface area contributed by atoms with Gasteiger partial charge in [-0.1, -0.05) is 19.8 Å². The Bertz CT molecular complexity index is 871. The maximum Gasteiger partial charge on any atom is 0.261 e. The van der Waals surface area contributed by atoms with Crippen molar-refractivity contribution in [2.75, 3.05) is 0 Å². The molecule has 1 N–H and O–H groups in total. The Kier molecular flexibility index (Phi) is 4.32. The molecule has 2 atom stereocenters. The van der Waals surface area contributed by atoms with Gasteiger partial charge < -0.3 is 5.32 Å². The number of nitrogens with zero attached hydrogens (tertiary/aromatic N) is 2. The quantitative estimate of drug-likeness (QED) is 0.915. The van der Waals surface area contributed by atoms with Gasteiger partial charge in [-0.2, -0.15) is 0 Å². The van der Waals surface area contributed by atoms with E-state index in [1.807, 2.05) is 0 Å². The fourth-order valence-corrected chi connectivity index (χ4v) is 4.17. The van der Waals surface area contributed by atoms with Crippen molar-refractivity contribution >= 4 is 16.8 Å². The molecule has 5 heteroatoms. The van der Waals surface area contributed by atoms with Crippen LogP contribution in [0.4, 0.5) is 0 Å². The highest BCUT2D eigenvalue weighted by Crippen LogP contribution is 2.24. The fraction of sp³-hybridized carbons (Fsp3) is 0.550. The normalized spacial score (nSPS) is 23.2. The molecule has 0 bridgehead atoms. The van der Waals surface area contributed by atoms with Crippen LogP contribution in [0.3, 0.4) is 0 Å². The van der Waals surface area contributed by atoms with Crippen LogP contribution in [0.1, 0.15) is 61.6 Å². The van der Waals surface area contributed by atoms with E-state index >= 15 is 0 Å². The monoisotopic (exact) mass is 339 g/mol. The third kappa shape index (κ3) is 3.08. The van der Waals surface area contributed by atoms with Crippen LogP contribution in [0, 0.1) is 5.92 Å². The number of nitrogens with one attached hydrogen (secondary N) is 1. The molecule has 0 radical (unpaired) electrons. The summed E-state index contributed by atoms with van der Waals surface area (Å²) >= 11 is 0. The number of hydrogen-bond acceptors (Lipinski definition) is 3. The summed E-state index contributed by atoms with van der Waals surface area (Å²) in [6, 6.07) is 5.53. The number of amides is 1. The SMILES string of the molecule is C[C@@H]1CCCC[C@@H]1NC(=O)c1ccc2c(=O)n3c(nc2c1)CCCC3. The fourth-order valence-electron chi connectivity index (χ4n) is 4.17. The molecule has 0 spiro atoms. The molecule has 25 heavy (non-hydrogen) atoms. The van der Waals surface area contributed by atoms with Crippen LogP contribution < -0.4 is 10.9 Å². The Morgan fingerprint density at radius 2 is 2.04 bits per heavy atom. The summed E-state index contributed by atoms with van der Waals surface area (Å²) in [5.74, 6) is 1.32. The predicted molar refractivity (Wildman–Crippen MR) is 97.8 cm³/mol. The molecule has 1 aliphatic heterocycles. The van der Waals surface area contributed by atoms with Gasteiger partial charge in [0.05, 0.1) is 10.9 Å². The molecule has 132 valence electrons. The van der Waals surface area contributed by atoms with Gasteiger partial charge in [-0.05, 0) is 49.8 Å². The molecule has 1 fully saturated rings. The van der Waals surface area contributed by atoms with E-state index in [2.05, 4.69) is 17.2 Å². The lowest BCUT2D eigenvalue weighted by molar-refractivity contribution is 0.0910. The highest BCUT2D eigenvalue weighted by atomic mass is 16.1. The van der Waals surface area contributed by atoms with E-state index in [1.165, 1.54) is 19.3 Å². The largest absolute Gasteiger partial charge is 0.349 e. The molecular weight excluding hydrogens is 314 g/mol. The van der Waals surface area contributed by atoms with Crippen LogP contribution in [0.15, 0.2) is 23.0 Å². The van der Waals surface area contributed by atoms with E-state index in [0.717, 1.165) is 38.1 Å². The Hall–Kier alpha value is -2.17. The lowest BCUT2D eigenvalue weighted by atomic mass is 9.86. The van der Waals surface area contributed by atoms with Crippen LogP contribution >= 0.6 is 0 Å². The van der Waals surface area contributed by atoms with E-state index < -0.39 is 0 Å². The summed E-state index contributed by atoms with van der Waals surface area (Å²) in [6.07, 6.45) is 7.58. The first-order chi connectivity index (χ1) is 12.1. The van der Waals surface area contributed by atoms with E-state index in [1.54, 1.807) is 22.8 Å². The van der Waals surface area contributed by atoms with Gasteiger partial charge in [0.1, 0.15) is 5.82 Å². The summed E-state index contributed by atoms with van der Waals surface area (Å²) in [5.41, 5.74) is 1.26. The summed E-state index contributed by atoms with van der Waals surface area (Å²) < 4.78 is 1.79. The van der Waals surface area contributed by atoms with Gasteiger partial charge in [-0.25, -0.2) is 4.98 Å². The van der Waals surface area contributed by atoms with Crippen molar-refractivity contribution < 1.29 is 4.79 Å². The van der Waals surface area contributed by atoms with E-state index in [-0.39, 0.29) is 17.5 Å². The molecule has 1 aliphatic carbocycles. The van der Waals surface area contributed by atoms with Crippen molar-refractivity contribution in [2.24, 2.45) is 5.92 Å². The standard InChI is InChI=1S/C20H25N3O2/c1-13-6-2-3-7-16(13)22-19(24)14-9-10-15-17(12-14)21-18-8-4-5-11-23(18)20(15)25/h9-10,12-13,16H,2-8,11H2,1H3,(H,22,24)/t13-,16+/m1/s1. The number of fused-ring (bicyclic) bond motifs is 2. The zero-order valence-corrected chi connectivity index (χ0v) is 14.8. The minimum atomic E-state index is -0.0553. The number of aromatic nitrogens is 2. The Morgan fingerprint density at radius 1 is 1.20 bits per heavy atom. The second kappa shape index (κ2) is 6.62. The smallest absolute Gasteiger partial charge is 0.261 e. The van der Waals surface area contributed by atoms with Gasteiger partial charge in [0.2, 0.25) is 0 Å². The number of aryl methyl sites for hydroxylation is 1. The molecule has 0 saturated heterocycles. The molecular formula is C20H25N3O2. The average Bonchev–Trinajstić information content (AvgIpc) is 2.63. The van der Waals surface area contributed by atoms with Crippen LogP contribution in [0.2, 0.25) is 0 Å². The number of carbonyl (C=O) groups excluding carboxylic acids is 1. The molecule has 1 aromatic carbocycles. The van der Waals surface area contributed by atoms with Gasteiger partial charge in [0, 0.05) is 24.6 Å². The molecule has 2 heterocycles. The highest BCUT2D eigenvalue weighted by Gasteiger charge is 2.23. The number of benzene rings is 1. The molecule has 1 saturated carbocycles. The van der Waals surface area contributed by atoms with E-state index in [9.17, 15) is 9.59 Å². The number of carbonyl (C=O) groups is 1. The lowest BCUT2D eigenvalue weighted by Crippen LogP contribution is -2.41. The summed E-state index contributed by atoms with van der Waals surface area (Å²) in [7, 11) is 0. The Labute approximate surface area is 147 Å². The molecule has 1 amide bonds. The second-order valence-electron chi connectivity index (χ2n) is 7.52. The summed E-state index contributed by atoms with van der Waals surface area (Å²) in [4.78, 5) is 30.0. The van der Waals surface area contributed by atoms with Gasteiger partial charge in [0.15, 0.2) is 0 Å². The third-order valence-corrected chi connectivity index (χ3v) is 5.76.